The number of nitrogens with zero attached hydrogens (tertiary/aromatic N) is 1. The van der Waals surface area contributed by atoms with E-state index in [9.17, 15) is 9.59 Å². The second kappa shape index (κ2) is 5.74. The quantitative estimate of drug-likeness (QED) is 0.740. The zero-order chi connectivity index (χ0) is 14.9. The first-order valence-electron chi connectivity index (χ1n) is 7.80. The lowest BCUT2D eigenvalue weighted by Gasteiger charge is -2.41. The third-order valence-corrected chi connectivity index (χ3v) is 4.35. The molecule has 1 aliphatic heterocycles. The lowest BCUT2D eigenvalue weighted by molar-refractivity contribution is -0.123. The Balaban J connectivity index is 2.11. The Labute approximate surface area is 121 Å². The topological polar surface area (TPSA) is 46.6 Å². The molecule has 2 aliphatic rings. The minimum atomic E-state index is -0.482. The predicted molar refractivity (Wildman–Crippen MR) is 77.5 cm³/mol. The summed E-state index contributed by atoms with van der Waals surface area (Å²) in [5, 5.41) is 0. The first-order chi connectivity index (χ1) is 9.28. The number of hydrogen-bond acceptors (Lipinski definition) is 3. The molecule has 0 spiro atoms. The smallest absolute Gasteiger partial charge is 0.410 e. The molecule has 114 valence electrons. The molecule has 20 heavy (non-hydrogen) atoms. The standard InChI is InChI=1S/C16H27NO3/c1-11-8-9-17(15(19)20-16(2,3)4)13(10-11)12-6-5-7-14(12)18/h11-13H,5-10H2,1-4H3. The van der Waals surface area contributed by atoms with Crippen molar-refractivity contribution in [3.05, 3.63) is 0 Å². The SMILES string of the molecule is CC1CCN(C(=O)OC(C)(C)C)C(C2CCCC2=O)C1. The van der Waals surface area contributed by atoms with Gasteiger partial charge in [0.25, 0.3) is 0 Å². The normalized spacial score (nSPS) is 31.5. The Morgan fingerprint density at radius 1 is 1.30 bits per heavy atom. The molecule has 2 fully saturated rings. The number of ketones is 1. The van der Waals surface area contributed by atoms with Crippen LogP contribution in [0.4, 0.5) is 4.79 Å². The highest BCUT2D eigenvalue weighted by molar-refractivity contribution is 5.84. The molecular formula is C16H27NO3. The predicted octanol–water partition coefficient (Wildman–Crippen LogP) is 3.39. The van der Waals surface area contributed by atoms with Gasteiger partial charge in [0.05, 0.1) is 0 Å². The first kappa shape index (κ1) is 15.3. The number of carbonyl (C=O) groups excluding carboxylic acids is 2. The van der Waals surface area contributed by atoms with Gasteiger partial charge in [0.1, 0.15) is 11.4 Å². The maximum absolute atomic E-state index is 12.4. The van der Waals surface area contributed by atoms with Crippen LogP contribution >= 0.6 is 0 Å². The molecule has 1 heterocycles. The summed E-state index contributed by atoms with van der Waals surface area (Å²) in [5.41, 5.74) is -0.482. The number of amides is 1. The summed E-state index contributed by atoms with van der Waals surface area (Å²) in [6.45, 7) is 8.57. The van der Waals surface area contributed by atoms with Gasteiger partial charge in [-0.2, -0.15) is 0 Å². The number of ether oxygens (including phenoxy) is 1. The summed E-state index contributed by atoms with van der Waals surface area (Å²) < 4.78 is 5.51. The van der Waals surface area contributed by atoms with Crippen LogP contribution in [0, 0.1) is 11.8 Å². The van der Waals surface area contributed by atoms with Crippen molar-refractivity contribution in [1.29, 1.82) is 0 Å². The van der Waals surface area contributed by atoms with Crippen molar-refractivity contribution >= 4 is 11.9 Å². The monoisotopic (exact) mass is 281 g/mol. The Morgan fingerprint density at radius 3 is 2.55 bits per heavy atom. The highest BCUT2D eigenvalue weighted by atomic mass is 16.6. The summed E-state index contributed by atoms with van der Waals surface area (Å²) in [5.74, 6) is 0.940. The van der Waals surface area contributed by atoms with E-state index in [0.717, 1.165) is 25.7 Å². The van der Waals surface area contributed by atoms with E-state index >= 15 is 0 Å². The summed E-state index contributed by atoms with van der Waals surface area (Å²) in [4.78, 5) is 26.3. The van der Waals surface area contributed by atoms with Crippen molar-refractivity contribution < 1.29 is 14.3 Å². The van der Waals surface area contributed by atoms with Crippen LogP contribution in [-0.2, 0) is 9.53 Å². The minimum absolute atomic E-state index is 0.0327. The fourth-order valence-electron chi connectivity index (χ4n) is 3.36. The summed E-state index contributed by atoms with van der Waals surface area (Å²) in [6, 6.07) is 0.0450. The van der Waals surface area contributed by atoms with Gasteiger partial charge in [-0.05, 0) is 52.4 Å². The highest BCUT2D eigenvalue weighted by Crippen LogP contribution is 2.35. The summed E-state index contributed by atoms with van der Waals surface area (Å²) in [7, 11) is 0. The van der Waals surface area contributed by atoms with E-state index in [1.54, 1.807) is 0 Å². The van der Waals surface area contributed by atoms with Gasteiger partial charge in [0.15, 0.2) is 0 Å². The van der Waals surface area contributed by atoms with Gasteiger partial charge in [-0.15, -0.1) is 0 Å². The molecule has 1 amide bonds. The van der Waals surface area contributed by atoms with E-state index in [1.165, 1.54) is 0 Å². The van der Waals surface area contributed by atoms with Crippen LogP contribution in [0.2, 0.25) is 0 Å². The summed E-state index contributed by atoms with van der Waals surface area (Å²) >= 11 is 0. The molecule has 2 rings (SSSR count). The molecule has 0 N–H and O–H groups in total. The van der Waals surface area contributed by atoms with Crippen molar-refractivity contribution in [2.24, 2.45) is 11.8 Å². The van der Waals surface area contributed by atoms with Crippen molar-refractivity contribution in [1.82, 2.24) is 4.90 Å². The van der Waals surface area contributed by atoms with E-state index in [-0.39, 0.29) is 18.1 Å². The Bertz CT molecular complexity index is 386. The molecule has 0 radical (unpaired) electrons. The van der Waals surface area contributed by atoms with Crippen LogP contribution in [0.25, 0.3) is 0 Å². The maximum Gasteiger partial charge on any atom is 0.410 e. The average molecular weight is 281 g/mol. The Kier molecular flexibility index (Phi) is 4.40. The van der Waals surface area contributed by atoms with Gasteiger partial charge in [-0.25, -0.2) is 4.79 Å². The second-order valence-electron chi connectivity index (χ2n) is 7.34. The molecule has 1 saturated carbocycles. The van der Waals surface area contributed by atoms with E-state index in [2.05, 4.69) is 6.92 Å². The number of carbonyl (C=O) groups is 2. The van der Waals surface area contributed by atoms with E-state index in [1.807, 2.05) is 25.7 Å². The zero-order valence-corrected chi connectivity index (χ0v) is 13.1. The van der Waals surface area contributed by atoms with Gasteiger partial charge in [-0.3, -0.25) is 4.79 Å². The van der Waals surface area contributed by atoms with Crippen molar-refractivity contribution in [2.45, 2.75) is 71.4 Å². The second-order valence-corrected chi connectivity index (χ2v) is 7.34. The number of piperidine rings is 1. The van der Waals surface area contributed by atoms with Crippen LogP contribution < -0.4 is 0 Å². The maximum atomic E-state index is 12.4. The van der Waals surface area contributed by atoms with Gasteiger partial charge in [0, 0.05) is 24.9 Å². The molecule has 1 aliphatic carbocycles. The van der Waals surface area contributed by atoms with Crippen molar-refractivity contribution in [3.8, 4) is 0 Å². The third kappa shape index (κ3) is 3.53. The molecule has 4 heteroatoms. The number of likely N-dealkylation sites (tertiary alicyclic amines) is 1. The number of Topliss-reactive ketones (excluding diaryl/α,β-unsaturated/α-hetero) is 1. The molecule has 3 atom stereocenters. The summed E-state index contributed by atoms with van der Waals surface area (Å²) in [6.07, 6.45) is 4.24. The highest BCUT2D eigenvalue weighted by Gasteiger charge is 2.41. The minimum Gasteiger partial charge on any atom is -0.444 e. The van der Waals surface area contributed by atoms with Gasteiger partial charge >= 0.3 is 6.09 Å². The molecule has 4 nitrogen and oxygen atoms in total. The molecule has 0 bridgehead atoms. The van der Waals surface area contributed by atoms with E-state index < -0.39 is 5.60 Å². The average Bonchev–Trinajstić information content (AvgIpc) is 2.72. The zero-order valence-electron chi connectivity index (χ0n) is 13.1. The van der Waals surface area contributed by atoms with Crippen molar-refractivity contribution in [3.63, 3.8) is 0 Å². The van der Waals surface area contributed by atoms with Crippen LogP contribution in [0.15, 0.2) is 0 Å². The Hall–Kier alpha value is -1.06. The van der Waals surface area contributed by atoms with E-state index in [4.69, 9.17) is 4.74 Å². The number of hydrogen-bond donors (Lipinski definition) is 0. The molecule has 0 aromatic heterocycles. The fraction of sp³-hybridized carbons (Fsp3) is 0.875. The Morgan fingerprint density at radius 2 is 2.00 bits per heavy atom. The lowest BCUT2D eigenvalue weighted by Crippen LogP contribution is -2.51. The lowest BCUT2D eigenvalue weighted by atomic mass is 9.84. The molecular weight excluding hydrogens is 254 g/mol. The van der Waals surface area contributed by atoms with Crippen LogP contribution in [-0.4, -0.2) is 35.0 Å². The number of rotatable bonds is 1. The van der Waals surface area contributed by atoms with Crippen molar-refractivity contribution in [2.75, 3.05) is 6.54 Å². The van der Waals surface area contributed by atoms with Gasteiger partial charge in [0.2, 0.25) is 0 Å². The fourth-order valence-corrected chi connectivity index (χ4v) is 3.36. The molecule has 3 unspecified atom stereocenters. The van der Waals surface area contributed by atoms with Crippen LogP contribution in [0.5, 0.6) is 0 Å². The largest absolute Gasteiger partial charge is 0.444 e. The van der Waals surface area contributed by atoms with Crippen LogP contribution in [0.3, 0.4) is 0 Å². The van der Waals surface area contributed by atoms with E-state index in [0.29, 0.717) is 24.7 Å². The molecule has 1 saturated heterocycles. The first-order valence-corrected chi connectivity index (χ1v) is 7.80. The third-order valence-electron chi connectivity index (χ3n) is 4.35. The van der Waals surface area contributed by atoms with Crippen LogP contribution in [0.1, 0.15) is 59.8 Å². The molecule has 0 aromatic carbocycles. The van der Waals surface area contributed by atoms with Gasteiger partial charge in [-0.1, -0.05) is 6.92 Å². The van der Waals surface area contributed by atoms with Gasteiger partial charge < -0.3 is 9.64 Å². The molecule has 0 aromatic rings.